The van der Waals surface area contributed by atoms with Gasteiger partial charge in [0.1, 0.15) is 16.5 Å². The Morgan fingerprint density at radius 2 is 2.09 bits per heavy atom. The number of fused-ring (bicyclic) bond motifs is 1. The molecule has 0 radical (unpaired) electrons. The summed E-state index contributed by atoms with van der Waals surface area (Å²) in [6, 6.07) is 4.45. The SMILES string of the molecule is O=C(NCCN1CCOCC1)Nn1cnc2cc(C3(Cl)C=CC=C(Cl)C3S(=O)(=O)O)ccc21. The van der Waals surface area contributed by atoms with Gasteiger partial charge in [0, 0.05) is 31.2 Å². The van der Waals surface area contributed by atoms with E-state index in [0.29, 0.717) is 36.4 Å². The van der Waals surface area contributed by atoms with Crippen LogP contribution in [0.3, 0.4) is 0 Å². The minimum Gasteiger partial charge on any atom is -0.379 e. The fraction of sp³-hybridized carbons (Fsp3) is 0.400. The number of amides is 2. The Balaban J connectivity index is 1.47. The highest BCUT2D eigenvalue weighted by molar-refractivity contribution is 7.86. The average Bonchev–Trinajstić information content (AvgIpc) is 3.15. The van der Waals surface area contributed by atoms with Crippen molar-refractivity contribution in [2.75, 3.05) is 44.8 Å². The Bertz CT molecular complexity index is 1210. The lowest BCUT2D eigenvalue weighted by molar-refractivity contribution is 0.0388. The second kappa shape index (κ2) is 9.61. The number of halogens is 2. The van der Waals surface area contributed by atoms with E-state index >= 15 is 0 Å². The molecule has 10 nitrogen and oxygen atoms in total. The molecule has 1 fully saturated rings. The van der Waals surface area contributed by atoms with E-state index in [9.17, 15) is 17.8 Å². The third-order valence-corrected chi connectivity index (χ3v) is 7.94. The van der Waals surface area contributed by atoms with E-state index in [1.807, 2.05) is 0 Å². The molecule has 0 spiro atoms. The predicted octanol–water partition coefficient (Wildman–Crippen LogP) is 2.00. The van der Waals surface area contributed by atoms with Crippen LogP contribution in [0.4, 0.5) is 4.79 Å². The van der Waals surface area contributed by atoms with Gasteiger partial charge in [-0.05, 0) is 23.8 Å². The Labute approximate surface area is 200 Å². The number of benzene rings is 1. The number of hydrogen-bond acceptors (Lipinski definition) is 6. The summed E-state index contributed by atoms with van der Waals surface area (Å²) < 4.78 is 40.5. The van der Waals surface area contributed by atoms with E-state index < -0.39 is 20.2 Å². The molecule has 1 saturated heterocycles. The third kappa shape index (κ3) is 5.18. The van der Waals surface area contributed by atoms with Crippen LogP contribution in [0.25, 0.3) is 11.0 Å². The number of allylic oxidation sites excluding steroid dienone is 3. The van der Waals surface area contributed by atoms with Crippen LogP contribution in [0, 0.1) is 0 Å². The topological polar surface area (TPSA) is 126 Å². The minimum absolute atomic E-state index is 0.101. The molecular weight excluding hydrogens is 493 g/mol. The summed E-state index contributed by atoms with van der Waals surface area (Å²) in [6.45, 7) is 4.28. The van der Waals surface area contributed by atoms with Crippen molar-refractivity contribution in [3.8, 4) is 0 Å². The zero-order valence-corrected chi connectivity index (χ0v) is 19.8. The van der Waals surface area contributed by atoms with Crippen LogP contribution in [0.15, 0.2) is 47.8 Å². The number of alkyl halides is 1. The number of imidazole rings is 1. The molecule has 2 heterocycles. The summed E-state index contributed by atoms with van der Waals surface area (Å²) in [7, 11) is -4.60. The molecule has 0 saturated carbocycles. The van der Waals surface area contributed by atoms with Crippen LogP contribution in [0.2, 0.25) is 0 Å². The Morgan fingerprint density at radius 1 is 1.33 bits per heavy atom. The van der Waals surface area contributed by atoms with Crippen molar-refractivity contribution in [2.45, 2.75) is 10.1 Å². The molecule has 2 aliphatic rings. The fourth-order valence-electron chi connectivity index (χ4n) is 3.90. The van der Waals surface area contributed by atoms with Crippen LogP contribution >= 0.6 is 23.2 Å². The summed E-state index contributed by atoms with van der Waals surface area (Å²) in [5.41, 5.74) is 4.12. The van der Waals surface area contributed by atoms with Gasteiger partial charge in [0.2, 0.25) is 0 Å². The van der Waals surface area contributed by atoms with Crippen molar-refractivity contribution in [3.05, 3.63) is 53.4 Å². The monoisotopic (exact) mass is 515 g/mol. The first-order chi connectivity index (χ1) is 15.7. The largest absolute Gasteiger partial charge is 0.379 e. The molecule has 3 N–H and O–H groups in total. The highest BCUT2D eigenvalue weighted by atomic mass is 35.5. The van der Waals surface area contributed by atoms with Crippen molar-refractivity contribution in [2.24, 2.45) is 0 Å². The maximum absolute atomic E-state index is 12.3. The maximum atomic E-state index is 12.3. The number of nitrogens with one attached hydrogen (secondary N) is 2. The van der Waals surface area contributed by atoms with Crippen LogP contribution in [-0.4, -0.2) is 78.2 Å². The van der Waals surface area contributed by atoms with E-state index in [2.05, 4.69) is 20.6 Å². The number of nitrogens with zero attached hydrogens (tertiary/aromatic N) is 3. The number of ether oxygens (including phenoxy) is 1. The Morgan fingerprint density at radius 3 is 2.82 bits per heavy atom. The molecule has 2 amide bonds. The number of carbonyl (C=O) groups is 1. The molecule has 1 aliphatic heterocycles. The Hall–Kier alpha value is -2.15. The van der Waals surface area contributed by atoms with Gasteiger partial charge >= 0.3 is 6.03 Å². The lowest BCUT2D eigenvalue weighted by atomic mass is 9.90. The molecular formula is C20H23Cl2N5O5S. The number of aromatic nitrogens is 2. The van der Waals surface area contributed by atoms with Gasteiger partial charge < -0.3 is 10.1 Å². The van der Waals surface area contributed by atoms with E-state index in [4.69, 9.17) is 27.9 Å². The first kappa shape index (κ1) is 24.0. The van der Waals surface area contributed by atoms with Gasteiger partial charge in [-0.25, -0.2) is 19.9 Å². The second-order valence-corrected chi connectivity index (χ2v) is 10.3. The van der Waals surface area contributed by atoms with Crippen molar-refractivity contribution in [3.63, 3.8) is 0 Å². The summed E-state index contributed by atoms with van der Waals surface area (Å²) in [6.07, 6.45) is 5.79. The second-order valence-electron chi connectivity index (χ2n) is 7.71. The van der Waals surface area contributed by atoms with Crippen molar-refractivity contribution in [1.29, 1.82) is 0 Å². The van der Waals surface area contributed by atoms with Gasteiger partial charge in [-0.1, -0.05) is 29.8 Å². The van der Waals surface area contributed by atoms with E-state index in [0.717, 1.165) is 19.6 Å². The van der Waals surface area contributed by atoms with Crippen LogP contribution in [0.5, 0.6) is 0 Å². The first-order valence-electron chi connectivity index (χ1n) is 10.2. The summed E-state index contributed by atoms with van der Waals surface area (Å²) in [5, 5.41) is 1.14. The number of hydrogen-bond donors (Lipinski definition) is 3. The molecule has 178 valence electrons. The Kier molecular flexibility index (Phi) is 6.99. The highest BCUT2D eigenvalue weighted by Crippen LogP contribution is 2.44. The predicted molar refractivity (Wildman–Crippen MR) is 126 cm³/mol. The standard InChI is InChI=1S/C20H23Cl2N5O5S/c21-15-2-1-5-20(22,18(15)33(29,30)31)14-3-4-17-16(12-14)24-13-27(17)25-19(28)23-6-7-26-8-10-32-11-9-26/h1-5,12-13,18H,6-11H2,(H2,23,25,28)(H,29,30,31). The van der Waals surface area contributed by atoms with E-state index in [1.165, 1.54) is 29.2 Å². The van der Waals surface area contributed by atoms with Crippen molar-refractivity contribution < 1.29 is 22.5 Å². The molecule has 2 unspecified atom stereocenters. The minimum atomic E-state index is -4.60. The zero-order valence-electron chi connectivity index (χ0n) is 17.4. The van der Waals surface area contributed by atoms with Crippen LogP contribution in [-0.2, 0) is 19.7 Å². The maximum Gasteiger partial charge on any atom is 0.333 e. The summed E-state index contributed by atoms with van der Waals surface area (Å²) in [5.74, 6) is 0. The zero-order chi connectivity index (χ0) is 23.6. The molecule has 33 heavy (non-hydrogen) atoms. The van der Waals surface area contributed by atoms with Gasteiger partial charge in [-0.2, -0.15) is 8.42 Å². The van der Waals surface area contributed by atoms with Crippen LogP contribution < -0.4 is 10.7 Å². The number of rotatable bonds is 6. The van der Waals surface area contributed by atoms with Gasteiger partial charge in [0.05, 0.1) is 24.2 Å². The summed E-state index contributed by atoms with van der Waals surface area (Å²) in [4.78, 5) is 17.2. The fourth-order valence-corrected chi connectivity index (χ4v) is 6.20. The molecule has 0 bridgehead atoms. The molecule has 4 rings (SSSR count). The van der Waals surface area contributed by atoms with E-state index in [-0.39, 0.29) is 11.1 Å². The van der Waals surface area contributed by atoms with Gasteiger partial charge in [-0.3, -0.25) is 9.45 Å². The molecule has 1 aromatic carbocycles. The number of carbonyl (C=O) groups excluding carboxylic acids is 1. The molecule has 2 atom stereocenters. The molecule has 13 heteroatoms. The quantitative estimate of drug-likeness (QED) is 0.396. The molecule has 2 aromatic rings. The third-order valence-electron chi connectivity index (χ3n) is 5.55. The van der Waals surface area contributed by atoms with Gasteiger partial charge in [-0.15, -0.1) is 11.6 Å². The van der Waals surface area contributed by atoms with Gasteiger partial charge in [0.15, 0.2) is 0 Å². The van der Waals surface area contributed by atoms with Crippen LogP contribution in [0.1, 0.15) is 5.56 Å². The lowest BCUT2D eigenvalue weighted by Gasteiger charge is -2.33. The summed E-state index contributed by atoms with van der Waals surface area (Å²) >= 11 is 12.8. The van der Waals surface area contributed by atoms with Crippen molar-refractivity contribution in [1.82, 2.24) is 19.9 Å². The smallest absolute Gasteiger partial charge is 0.333 e. The number of urea groups is 1. The normalized spacial score (nSPS) is 24.0. The van der Waals surface area contributed by atoms with Crippen molar-refractivity contribution >= 4 is 50.4 Å². The number of morpholine rings is 1. The average molecular weight is 516 g/mol. The van der Waals surface area contributed by atoms with E-state index in [1.54, 1.807) is 18.2 Å². The molecule has 1 aliphatic carbocycles. The first-order valence-corrected chi connectivity index (χ1v) is 12.5. The lowest BCUT2D eigenvalue weighted by Crippen LogP contribution is -2.43. The molecule has 1 aromatic heterocycles. The highest BCUT2D eigenvalue weighted by Gasteiger charge is 2.47. The van der Waals surface area contributed by atoms with Gasteiger partial charge in [0.25, 0.3) is 10.1 Å².